The number of carbonyl (C=O) groups is 1. The van der Waals surface area contributed by atoms with Gasteiger partial charge in [-0.1, -0.05) is 0 Å². The number of nitrogens with zero attached hydrogens (tertiary/aromatic N) is 4. The first kappa shape index (κ1) is 16.8. The molecule has 1 saturated carbocycles. The van der Waals surface area contributed by atoms with Gasteiger partial charge in [0.25, 0.3) is 0 Å². The molecule has 7 nitrogen and oxygen atoms in total. The van der Waals surface area contributed by atoms with Gasteiger partial charge < -0.3 is 20.4 Å². The summed E-state index contributed by atoms with van der Waals surface area (Å²) < 4.78 is 0. The number of carbonyl (C=O) groups excluding carboxylic acids is 1. The summed E-state index contributed by atoms with van der Waals surface area (Å²) in [6, 6.07) is 12.0. The van der Waals surface area contributed by atoms with Crippen LogP contribution in [-0.4, -0.2) is 54.2 Å². The normalized spacial score (nSPS) is 17.8. The van der Waals surface area contributed by atoms with Crippen molar-refractivity contribution in [2.75, 3.05) is 48.8 Å². The topological polar surface area (TPSA) is 73.4 Å². The van der Waals surface area contributed by atoms with Crippen molar-refractivity contribution in [2.45, 2.75) is 12.8 Å². The first-order chi connectivity index (χ1) is 12.7. The predicted octanol–water partition coefficient (Wildman–Crippen LogP) is 2.32. The lowest BCUT2D eigenvalue weighted by molar-refractivity contribution is -0.117. The summed E-state index contributed by atoms with van der Waals surface area (Å²) in [6.07, 6.45) is 1.95. The van der Waals surface area contributed by atoms with Crippen LogP contribution >= 0.6 is 0 Å². The van der Waals surface area contributed by atoms with Gasteiger partial charge in [-0.15, -0.1) is 10.2 Å². The molecule has 136 valence electrons. The first-order valence-corrected chi connectivity index (χ1v) is 9.12. The summed E-state index contributed by atoms with van der Waals surface area (Å²) in [5.74, 6) is 1.35. The molecular weight excluding hydrogens is 328 g/mol. The first-order valence-electron chi connectivity index (χ1n) is 9.12. The van der Waals surface area contributed by atoms with E-state index in [2.05, 4.69) is 61.9 Å². The molecule has 0 bridgehead atoms. The van der Waals surface area contributed by atoms with E-state index >= 15 is 0 Å². The van der Waals surface area contributed by atoms with Gasteiger partial charge in [-0.2, -0.15) is 0 Å². The number of rotatable bonds is 5. The van der Waals surface area contributed by atoms with Gasteiger partial charge in [-0.3, -0.25) is 4.79 Å². The van der Waals surface area contributed by atoms with Crippen LogP contribution in [0.2, 0.25) is 0 Å². The van der Waals surface area contributed by atoms with Gasteiger partial charge >= 0.3 is 0 Å². The van der Waals surface area contributed by atoms with Gasteiger partial charge in [-0.05, 0) is 56.3 Å². The number of benzene rings is 1. The second-order valence-electron chi connectivity index (χ2n) is 7.03. The molecule has 2 heterocycles. The average molecular weight is 352 g/mol. The molecule has 2 aromatic rings. The van der Waals surface area contributed by atoms with Gasteiger partial charge in [0.1, 0.15) is 0 Å². The van der Waals surface area contributed by atoms with E-state index in [1.807, 2.05) is 6.07 Å². The van der Waals surface area contributed by atoms with Gasteiger partial charge in [0.2, 0.25) is 5.91 Å². The molecule has 0 unspecified atom stereocenters. The molecule has 1 saturated heterocycles. The molecule has 1 aliphatic carbocycles. The Labute approximate surface area is 153 Å². The fourth-order valence-corrected chi connectivity index (χ4v) is 3.01. The van der Waals surface area contributed by atoms with Crippen LogP contribution in [-0.2, 0) is 4.79 Å². The van der Waals surface area contributed by atoms with Crippen molar-refractivity contribution in [1.29, 1.82) is 0 Å². The minimum atomic E-state index is 0.0412. The lowest BCUT2D eigenvalue weighted by atomic mass is 10.2. The van der Waals surface area contributed by atoms with Crippen LogP contribution in [0.3, 0.4) is 0 Å². The molecule has 26 heavy (non-hydrogen) atoms. The molecule has 2 N–H and O–H groups in total. The van der Waals surface area contributed by atoms with Crippen LogP contribution in [0.1, 0.15) is 12.8 Å². The van der Waals surface area contributed by atoms with E-state index in [1.165, 1.54) is 5.69 Å². The van der Waals surface area contributed by atoms with E-state index in [0.717, 1.165) is 44.7 Å². The van der Waals surface area contributed by atoms with Crippen molar-refractivity contribution in [3.05, 3.63) is 36.4 Å². The molecule has 1 amide bonds. The molecule has 1 aromatic heterocycles. The van der Waals surface area contributed by atoms with Gasteiger partial charge in [0.15, 0.2) is 11.6 Å². The quantitative estimate of drug-likeness (QED) is 0.860. The van der Waals surface area contributed by atoms with Crippen LogP contribution < -0.4 is 15.5 Å². The maximum atomic E-state index is 11.7. The van der Waals surface area contributed by atoms with Crippen LogP contribution in [0.4, 0.5) is 23.0 Å². The van der Waals surface area contributed by atoms with Crippen LogP contribution in [0, 0.1) is 5.92 Å². The number of amides is 1. The fraction of sp³-hybridized carbons (Fsp3) is 0.421. The third-order valence-electron chi connectivity index (χ3n) is 4.87. The molecule has 2 aliphatic rings. The van der Waals surface area contributed by atoms with Crippen molar-refractivity contribution in [2.24, 2.45) is 5.92 Å². The Morgan fingerprint density at radius 1 is 0.962 bits per heavy atom. The molecule has 0 spiro atoms. The fourth-order valence-electron chi connectivity index (χ4n) is 3.01. The number of hydrogen-bond acceptors (Lipinski definition) is 6. The second-order valence-corrected chi connectivity index (χ2v) is 7.03. The number of hydrogen-bond donors (Lipinski definition) is 2. The van der Waals surface area contributed by atoms with E-state index in [-0.39, 0.29) is 11.8 Å². The Morgan fingerprint density at radius 3 is 2.23 bits per heavy atom. The third-order valence-corrected chi connectivity index (χ3v) is 4.87. The molecule has 0 atom stereocenters. The zero-order valence-corrected chi connectivity index (χ0v) is 15.0. The lowest BCUT2D eigenvalue weighted by Crippen LogP contribution is -2.44. The predicted molar refractivity (Wildman–Crippen MR) is 103 cm³/mol. The van der Waals surface area contributed by atoms with Gasteiger partial charge in [0, 0.05) is 43.5 Å². The maximum Gasteiger partial charge on any atom is 0.228 e. The highest BCUT2D eigenvalue weighted by molar-refractivity contribution is 5.93. The van der Waals surface area contributed by atoms with Crippen molar-refractivity contribution in [3.63, 3.8) is 0 Å². The van der Waals surface area contributed by atoms with Gasteiger partial charge in [-0.25, -0.2) is 0 Å². The van der Waals surface area contributed by atoms with Crippen molar-refractivity contribution in [3.8, 4) is 0 Å². The van der Waals surface area contributed by atoms with E-state index in [1.54, 1.807) is 6.07 Å². The van der Waals surface area contributed by atoms with Crippen LogP contribution in [0.15, 0.2) is 36.4 Å². The van der Waals surface area contributed by atoms with Gasteiger partial charge in [0.05, 0.1) is 0 Å². The van der Waals surface area contributed by atoms with E-state index < -0.39 is 0 Å². The number of piperazine rings is 1. The van der Waals surface area contributed by atoms with E-state index in [9.17, 15) is 4.79 Å². The monoisotopic (exact) mass is 352 g/mol. The molecule has 0 radical (unpaired) electrons. The number of anilines is 4. The Morgan fingerprint density at radius 2 is 1.62 bits per heavy atom. The SMILES string of the molecule is CN1CCN(c2ccc(Nc3ccc(NC(=O)C4CC4)nn3)cc2)CC1. The highest BCUT2D eigenvalue weighted by Gasteiger charge is 2.29. The number of likely N-dealkylation sites (N-methyl/N-ethyl adjacent to an activating group) is 1. The second kappa shape index (κ2) is 7.29. The standard InChI is InChI=1S/C19H24N6O/c1-24-10-12-25(13-11-24)16-6-4-15(5-7-16)20-17-8-9-18(23-22-17)21-19(26)14-2-3-14/h4-9,14H,2-3,10-13H2,1H3,(H,20,22)(H,21,23,26). The number of aromatic nitrogens is 2. The summed E-state index contributed by atoms with van der Waals surface area (Å²) in [5, 5.41) is 14.2. The Hall–Kier alpha value is -2.67. The molecular formula is C19H24N6O. The zero-order chi connectivity index (χ0) is 17.9. The molecule has 7 heteroatoms. The lowest BCUT2D eigenvalue weighted by Gasteiger charge is -2.34. The third kappa shape index (κ3) is 4.11. The summed E-state index contributed by atoms with van der Waals surface area (Å²) in [6.45, 7) is 4.31. The Balaban J connectivity index is 1.34. The Bertz CT molecular complexity index is 749. The highest BCUT2D eigenvalue weighted by atomic mass is 16.2. The van der Waals surface area contributed by atoms with E-state index in [0.29, 0.717) is 11.6 Å². The highest BCUT2D eigenvalue weighted by Crippen LogP contribution is 2.30. The minimum Gasteiger partial charge on any atom is -0.369 e. The Kier molecular flexibility index (Phi) is 4.71. The molecule has 2 fully saturated rings. The maximum absolute atomic E-state index is 11.7. The molecule has 1 aliphatic heterocycles. The molecule has 1 aromatic carbocycles. The summed E-state index contributed by atoms with van der Waals surface area (Å²) in [4.78, 5) is 16.5. The molecule has 4 rings (SSSR count). The number of nitrogens with one attached hydrogen (secondary N) is 2. The van der Waals surface area contributed by atoms with Crippen molar-refractivity contribution < 1.29 is 4.79 Å². The summed E-state index contributed by atoms with van der Waals surface area (Å²) >= 11 is 0. The summed E-state index contributed by atoms with van der Waals surface area (Å²) in [5.41, 5.74) is 2.21. The smallest absolute Gasteiger partial charge is 0.228 e. The van der Waals surface area contributed by atoms with Crippen LogP contribution in [0.25, 0.3) is 0 Å². The summed E-state index contributed by atoms with van der Waals surface area (Å²) in [7, 11) is 2.16. The van der Waals surface area contributed by atoms with E-state index in [4.69, 9.17) is 0 Å². The zero-order valence-electron chi connectivity index (χ0n) is 15.0. The minimum absolute atomic E-state index is 0.0412. The van der Waals surface area contributed by atoms with Crippen LogP contribution in [0.5, 0.6) is 0 Å². The van der Waals surface area contributed by atoms with Crippen molar-refractivity contribution in [1.82, 2.24) is 15.1 Å². The average Bonchev–Trinajstić information content (AvgIpc) is 3.50. The van der Waals surface area contributed by atoms with Crippen molar-refractivity contribution >= 4 is 28.9 Å². The largest absolute Gasteiger partial charge is 0.369 e.